The zero-order valence-corrected chi connectivity index (χ0v) is 13.7. The number of hydrogen-bond acceptors (Lipinski definition) is 5. The molecule has 0 aliphatic heterocycles. The van der Waals surface area contributed by atoms with Crippen molar-refractivity contribution < 1.29 is 9.47 Å². The summed E-state index contributed by atoms with van der Waals surface area (Å²) in [6.07, 6.45) is 3.57. The Morgan fingerprint density at radius 3 is 2.71 bits per heavy atom. The standard InChI is InChI=1S/C15H18BrN3O2/c1-11-7-13(16)10-19-15(11)18-9-12-3-4-14(17-8-12)21-6-5-20-2/h3-4,7-8,10H,5-6,9H2,1-2H3,(H,18,19). The van der Waals surface area contributed by atoms with Crippen LogP contribution >= 0.6 is 15.9 Å². The molecule has 5 nitrogen and oxygen atoms in total. The summed E-state index contributed by atoms with van der Waals surface area (Å²) < 4.78 is 11.3. The topological polar surface area (TPSA) is 56.3 Å². The molecule has 0 radical (unpaired) electrons. The Balaban J connectivity index is 1.88. The van der Waals surface area contributed by atoms with Crippen molar-refractivity contribution in [3.63, 3.8) is 0 Å². The second kappa shape index (κ2) is 7.95. The Labute approximate surface area is 132 Å². The highest BCUT2D eigenvalue weighted by molar-refractivity contribution is 9.10. The van der Waals surface area contributed by atoms with Crippen LogP contribution < -0.4 is 10.1 Å². The molecule has 0 aliphatic carbocycles. The Bertz CT molecular complexity index is 576. The zero-order valence-electron chi connectivity index (χ0n) is 12.1. The van der Waals surface area contributed by atoms with Crippen LogP contribution in [-0.2, 0) is 11.3 Å². The minimum absolute atomic E-state index is 0.503. The first kappa shape index (κ1) is 15.7. The van der Waals surface area contributed by atoms with E-state index in [9.17, 15) is 0 Å². The van der Waals surface area contributed by atoms with Gasteiger partial charge in [0.15, 0.2) is 0 Å². The number of ether oxygens (including phenoxy) is 2. The first-order valence-corrected chi connectivity index (χ1v) is 7.41. The van der Waals surface area contributed by atoms with Gasteiger partial charge in [0.2, 0.25) is 5.88 Å². The fraction of sp³-hybridized carbons (Fsp3) is 0.333. The Morgan fingerprint density at radius 2 is 2.05 bits per heavy atom. The second-order valence-corrected chi connectivity index (χ2v) is 5.43. The van der Waals surface area contributed by atoms with Gasteiger partial charge in [0.25, 0.3) is 0 Å². The van der Waals surface area contributed by atoms with Crippen LogP contribution in [0.1, 0.15) is 11.1 Å². The van der Waals surface area contributed by atoms with Crippen LogP contribution in [0.15, 0.2) is 35.1 Å². The molecule has 0 atom stereocenters. The SMILES string of the molecule is COCCOc1ccc(CNc2ncc(Br)cc2C)cn1. The summed E-state index contributed by atoms with van der Waals surface area (Å²) >= 11 is 3.40. The van der Waals surface area contributed by atoms with E-state index >= 15 is 0 Å². The van der Waals surface area contributed by atoms with E-state index in [0.29, 0.717) is 25.6 Å². The first-order valence-electron chi connectivity index (χ1n) is 6.61. The molecule has 0 saturated carbocycles. The highest BCUT2D eigenvalue weighted by Gasteiger charge is 2.02. The predicted molar refractivity (Wildman–Crippen MR) is 85.6 cm³/mol. The maximum atomic E-state index is 5.42. The lowest BCUT2D eigenvalue weighted by molar-refractivity contribution is 0.143. The van der Waals surface area contributed by atoms with Crippen LogP contribution in [-0.4, -0.2) is 30.3 Å². The maximum absolute atomic E-state index is 5.42. The Kier molecular flexibility index (Phi) is 5.95. The van der Waals surface area contributed by atoms with Gasteiger partial charge in [-0.15, -0.1) is 0 Å². The van der Waals surface area contributed by atoms with E-state index in [0.717, 1.165) is 21.4 Å². The number of methoxy groups -OCH3 is 1. The van der Waals surface area contributed by atoms with Gasteiger partial charge in [0.05, 0.1) is 6.61 Å². The molecule has 2 heterocycles. The normalized spacial score (nSPS) is 10.4. The van der Waals surface area contributed by atoms with Crippen molar-refractivity contribution in [1.82, 2.24) is 9.97 Å². The van der Waals surface area contributed by atoms with Crippen molar-refractivity contribution in [2.45, 2.75) is 13.5 Å². The number of halogens is 1. The minimum Gasteiger partial charge on any atom is -0.475 e. The van der Waals surface area contributed by atoms with Crippen molar-refractivity contribution in [1.29, 1.82) is 0 Å². The summed E-state index contributed by atoms with van der Waals surface area (Å²) in [6, 6.07) is 5.87. The van der Waals surface area contributed by atoms with Crippen LogP contribution in [0.2, 0.25) is 0 Å². The lowest BCUT2D eigenvalue weighted by Gasteiger charge is -2.09. The largest absolute Gasteiger partial charge is 0.475 e. The highest BCUT2D eigenvalue weighted by atomic mass is 79.9. The van der Waals surface area contributed by atoms with Crippen molar-refractivity contribution in [2.24, 2.45) is 0 Å². The van der Waals surface area contributed by atoms with Gasteiger partial charge >= 0.3 is 0 Å². The molecule has 2 aromatic rings. The lowest BCUT2D eigenvalue weighted by Crippen LogP contribution is -2.06. The molecular formula is C15H18BrN3O2. The fourth-order valence-electron chi connectivity index (χ4n) is 1.74. The van der Waals surface area contributed by atoms with E-state index in [1.807, 2.05) is 25.1 Å². The summed E-state index contributed by atoms with van der Waals surface area (Å²) in [4.78, 5) is 8.60. The molecule has 0 aromatic carbocycles. The third kappa shape index (κ3) is 4.99. The van der Waals surface area contributed by atoms with Crippen LogP contribution in [0, 0.1) is 6.92 Å². The van der Waals surface area contributed by atoms with E-state index in [2.05, 4.69) is 31.2 Å². The number of rotatable bonds is 7. The third-order valence-corrected chi connectivity index (χ3v) is 3.27. The molecule has 0 amide bonds. The van der Waals surface area contributed by atoms with Gasteiger partial charge in [-0.1, -0.05) is 6.07 Å². The smallest absolute Gasteiger partial charge is 0.213 e. The van der Waals surface area contributed by atoms with E-state index in [-0.39, 0.29) is 0 Å². The molecule has 0 fully saturated rings. The molecule has 21 heavy (non-hydrogen) atoms. The summed E-state index contributed by atoms with van der Waals surface area (Å²) in [7, 11) is 1.64. The number of nitrogens with zero attached hydrogens (tertiary/aromatic N) is 2. The van der Waals surface area contributed by atoms with Gasteiger partial charge in [-0.2, -0.15) is 0 Å². The fourth-order valence-corrected chi connectivity index (χ4v) is 2.19. The van der Waals surface area contributed by atoms with Crippen LogP contribution in [0.3, 0.4) is 0 Å². The van der Waals surface area contributed by atoms with E-state index in [1.54, 1.807) is 19.5 Å². The maximum Gasteiger partial charge on any atom is 0.213 e. The second-order valence-electron chi connectivity index (χ2n) is 4.52. The summed E-state index contributed by atoms with van der Waals surface area (Å²) in [5, 5.41) is 3.30. The molecule has 0 unspecified atom stereocenters. The monoisotopic (exact) mass is 351 g/mol. The van der Waals surface area contributed by atoms with Crippen molar-refractivity contribution in [2.75, 3.05) is 25.6 Å². The molecule has 1 N–H and O–H groups in total. The van der Waals surface area contributed by atoms with Gasteiger partial charge in [-0.3, -0.25) is 0 Å². The van der Waals surface area contributed by atoms with Crippen LogP contribution in [0.25, 0.3) is 0 Å². The Hall–Kier alpha value is -1.66. The number of aryl methyl sites for hydroxylation is 1. The molecule has 0 bridgehead atoms. The molecular weight excluding hydrogens is 334 g/mol. The van der Waals surface area contributed by atoms with E-state index < -0.39 is 0 Å². The van der Waals surface area contributed by atoms with Gasteiger partial charge in [0, 0.05) is 36.6 Å². The predicted octanol–water partition coefficient (Wildman–Crippen LogP) is 3.18. The summed E-state index contributed by atoms with van der Waals surface area (Å²) in [6.45, 7) is 3.74. The highest BCUT2D eigenvalue weighted by Crippen LogP contribution is 2.17. The number of hydrogen-bond donors (Lipinski definition) is 1. The lowest BCUT2D eigenvalue weighted by atomic mass is 10.2. The van der Waals surface area contributed by atoms with Gasteiger partial charge < -0.3 is 14.8 Å². The van der Waals surface area contributed by atoms with E-state index in [1.165, 1.54) is 0 Å². The van der Waals surface area contributed by atoms with Crippen LogP contribution in [0.5, 0.6) is 5.88 Å². The minimum atomic E-state index is 0.503. The van der Waals surface area contributed by atoms with Crippen LogP contribution in [0.4, 0.5) is 5.82 Å². The molecule has 112 valence electrons. The molecule has 0 saturated heterocycles. The van der Waals surface area contributed by atoms with Gasteiger partial charge in [-0.05, 0) is 40.0 Å². The third-order valence-electron chi connectivity index (χ3n) is 2.84. The number of anilines is 1. The molecule has 0 aliphatic rings. The van der Waals surface area contributed by atoms with Crippen molar-refractivity contribution >= 4 is 21.7 Å². The summed E-state index contributed by atoms with van der Waals surface area (Å²) in [5.74, 6) is 1.48. The summed E-state index contributed by atoms with van der Waals surface area (Å²) in [5.41, 5.74) is 2.16. The number of pyridine rings is 2. The van der Waals surface area contributed by atoms with Crippen molar-refractivity contribution in [3.05, 3.63) is 46.2 Å². The molecule has 6 heteroatoms. The first-order chi connectivity index (χ1) is 10.2. The molecule has 2 rings (SSSR count). The van der Waals surface area contributed by atoms with E-state index in [4.69, 9.17) is 9.47 Å². The Morgan fingerprint density at radius 1 is 1.19 bits per heavy atom. The molecule has 2 aromatic heterocycles. The van der Waals surface area contributed by atoms with Gasteiger partial charge in [0.1, 0.15) is 12.4 Å². The quantitative estimate of drug-likeness (QED) is 0.776. The molecule has 0 spiro atoms. The average Bonchev–Trinajstić information content (AvgIpc) is 2.48. The van der Waals surface area contributed by atoms with Gasteiger partial charge in [-0.25, -0.2) is 9.97 Å². The number of aromatic nitrogens is 2. The number of nitrogens with one attached hydrogen (secondary N) is 1. The zero-order chi connectivity index (χ0) is 15.1. The average molecular weight is 352 g/mol. The van der Waals surface area contributed by atoms with Crippen molar-refractivity contribution in [3.8, 4) is 5.88 Å².